The number of likely N-dealkylation sites (tertiary alicyclic amines) is 1. The number of aliphatic hydroxyl groups excluding tert-OH is 1. The first-order valence-corrected chi connectivity index (χ1v) is 10.4. The zero-order valence-electron chi connectivity index (χ0n) is 17.7. The summed E-state index contributed by atoms with van der Waals surface area (Å²) < 4.78 is 5.57. The van der Waals surface area contributed by atoms with Crippen LogP contribution in [0.1, 0.15) is 45.6 Å². The first-order valence-electron chi connectivity index (χ1n) is 10.4. The van der Waals surface area contributed by atoms with Crippen LogP contribution in [0.5, 0.6) is 5.75 Å². The molecule has 2 atom stereocenters. The molecule has 3 rings (SSSR count). The van der Waals surface area contributed by atoms with Crippen LogP contribution in [0.25, 0.3) is 0 Å². The van der Waals surface area contributed by atoms with E-state index in [2.05, 4.69) is 15.5 Å². The fraction of sp³-hybridized carbons (Fsp3) is 0.636. The van der Waals surface area contributed by atoms with Gasteiger partial charge in [0.15, 0.2) is 6.61 Å². The predicted octanol–water partition coefficient (Wildman–Crippen LogP) is 1.44. The van der Waals surface area contributed by atoms with Gasteiger partial charge in [0.2, 0.25) is 5.91 Å². The molecule has 1 aromatic rings. The highest BCUT2D eigenvalue weighted by molar-refractivity contribution is 5.84. The fourth-order valence-corrected chi connectivity index (χ4v) is 4.22. The monoisotopic (exact) mass is 403 g/mol. The summed E-state index contributed by atoms with van der Waals surface area (Å²) in [6.45, 7) is 8.53. The Hall–Kier alpha value is -2.12. The van der Waals surface area contributed by atoms with Crippen LogP contribution in [0.3, 0.4) is 0 Å². The van der Waals surface area contributed by atoms with Gasteiger partial charge < -0.3 is 20.5 Å². The van der Waals surface area contributed by atoms with E-state index >= 15 is 0 Å². The van der Waals surface area contributed by atoms with Gasteiger partial charge in [-0.15, -0.1) is 0 Å². The second kappa shape index (κ2) is 8.71. The Balaban J connectivity index is 1.54. The van der Waals surface area contributed by atoms with Crippen LogP contribution in [0, 0.1) is 5.41 Å². The zero-order chi connectivity index (χ0) is 21.1. The number of hydrogen-bond acceptors (Lipinski definition) is 5. The molecule has 2 aliphatic rings. The third kappa shape index (κ3) is 5.48. The lowest BCUT2D eigenvalue weighted by atomic mass is 9.71. The van der Waals surface area contributed by atoms with Crippen molar-refractivity contribution in [2.24, 2.45) is 5.41 Å². The molecule has 7 heteroatoms. The molecule has 1 aromatic carbocycles. The Bertz CT molecular complexity index is 729. The summed E-state index contributed by atoms with van der Waals surface area (Å²) in [7, 11) is 0. The van der Waals surface area contributed by atoms with Crippen molar-refractivity contribution in [3.05, 3.63) is 29.8 Å². The second-order valence-corrected chi connectivity index (χ2v) is 9.26. The van der Waals surface area contributed by atoms with E-state index < -0.39 is 11.5 Å². The van der Waals surface area contributed by atoms with E-state index in [1.54, 1.807) is 0 Å². The Morgan fingerprint density at radius 1 is 1.34 bits per heavy atom. The Morgan fingerprint density at radius 2 is 2.07 bits per heavy atom. The average molecular weight is 404 g/mol. The van der Waals surface area contributed by atoms with Crippen molar-refractivity contribution < 1.29 is 19.4 Å². The summed E-state index contributed by atoms with van der Waals surface area (Å²) >= 11 is 0. The third-order valence-corrected chi connectivity index (χ3v) is 5.61. The standard InChI is InChI=1S/C22H33N3O4/c1-21(2,3)24-19(27)14-29-17-7-5-16(6-8-17)13-25-12-9-18(26)22(15-25)10-4-11-23-20(22)28/h5-8,18,26H,4,9-15H2,1-3H3,(H,23,28)(H,24,27)/t18-,22+/m0/s1. The normalized spacial score (nSPS) is 25.5. The van der Waals surface area contributed by atoms with E-state index in [0.29, 0.717) is 31.8 Å². The van der Waals surface area contributed by atoms with Crippen LogP contribution >= 0.6 is 0 Å². The molecule has 0 aromatic heterocycles. The van der Waals surface area contributed by atoms with Gasteiger partial charge in [-0.2, -0.15) is 0 Å². The molecule has 2 fully saturated rings. The molecule has 29 heavy (non-hydrogen) atoms. The van der Waals surface area contributed by atoms with Crippen LogP contribution in [0.15, 0.2) is 24.3 Å². The molecule has 0 saturated carbocycles. The van der Waals surface area contributed by atoms with Crippen molar-refractivity contribution in [3.63, 3.8) is 0 Å². The van der Waals surface area contributed by atoms with Crippen molar-refractivity contribution in [2.75, 3.05) is 26.2 Å². The number of nitrogens with zero attached hydrogens (tertiary/aromatic N) is 1. The number of hydrogen-bond donors (Lipinski definition) is 3. The quantitative estimate of drug-likeness (QED) is 0.692. The molecule has 160 valence electrons. The van der Waals surface area contributed by atoms with Gasteiger partial charge >= 0.3 is 0 Å². The third-order valence-electron chi connectivity index (χ3n) is 5.61. The first kappa shape index (κ1) is 21.6. The summed E-state index contributed by atoms with van der Waals surface area (Å²) in [6.07, 6.45) is 1.68. The molecule has 2 amide bonds. The first-order chi connectivity index (χ1) is 13.7. The number of carbonyl (C=O) groups excluding carboxylic acids is 2. The summed E-state index contributed by atoms with van der Waals surface area (Å²) in [6, 6.07) is 7.69. The van der Waals surface area contributed by atoms with Gasteiger partial charge in [-0.05, 0) is 57.7 Å². The molecule has 0 bridgehead atoms. The SMILES string of the molecule is CC(C)(C)NC(=O)COc1ccc(CN2CC[C@H](O)[C@@]3(CCCNC3=O)C2)cc1. The zero-order valence-corrected chi connectivity index (χ0v) is 17.7. The highest BCUT2D eigenvalue weighted by atomic mass is 16.5. The molecule has 7 nitrogen and oxygen atoms in total. The maximum atomic E-state index is 12.5. The van der Waals surface area contributed by atoms with E-state index in [4.69, 9.17) is 4.74 Å². The smallest absolute Gasteiger partial charge is 0.258 e. The van der Waals surface area contributed by atoms with Gasteiger partial charge in [0.05, 0.1) is 11.5 Å². The Labute approximate surface area is 172 Å². The molecule has 2 saturated heterocycles. The number of nitrogens with one attached hydrogen (secondary N) is 2. The molecule has 0 aliphatic carbocycles. The van der Waals surface area contributed by atoms with Gasteiger partial charge in [0, 0.05) is 31.7 Å². The molecule has 0 unspecified atom stereocenters. The molecular formula is C22H33N3O4. The van der Waals surface area contributed by atoms with Crippen LogP contribution in [-0.4, -0.2) is 59.7 Å². The lowest BCUT2D eigenvalue weighted by Gasteiger charge is -2.47. The Morgan fingerprint density at radius 3 is 2.72 bits per heavy atom. The van der Waals surface area contributed by atoms with Crippen molar-refractivity contribution in [1.82, 2.24) is 15.5 Å². The van der Waals surface area contributed by atoms with Gasteiger partial charge in [-0.3, -0.25) is 14.5 Å². The van der Waals surface area contributed by atoms with Gasteiger partial charge in [-0.25, -0.2) is 0 Å². The van der Waals surface area contributed by atoms with E-state index in [1.807, 2.05) is 45.0 Å². The molecule has 1 spiro atoms. The summed E-state index contributed by atoms with van der Waals surface area (Å²) in [5.74, 6) is 0.484. The number of rotatable bonds is 5. The highest BCUT2D eigenvalue weighted by Crippen LogP contribution is 2.37. The number of piperidine rings is 2. The maximum Gasteiger partial charge on any atom is 0.258 e. The minimum atomic E-state index is -0.681. The van der Waals surface area contributed by atoms with Crippen LogP contribution in [0.4, 0.5) is 0 Å². The minimum absolute atomic E-state index is 0.0155. The predicted molar refractivity (Wildman–Crippen MR) is 110 cm³/mol. The number of ether oxygens (including phenoxy) is 1. The van der Waals surface area contributed by atoms with E-state index in [-0.39, 0.29) is 24.0 Å². The van der Waals surface area contributed by atoms with E-state index in [9.17, 15) is 14.7 Å². The van der Waals surface area contributed by atoms with E-state index in [0.717, 1.165) is 24.9 Å². The molecule has 2 heterocycles. The van der Waals surface area contributed by atoms with E-state index in [1.165, 1.54) is 0 Å². The largest absolute Gasteiger partial charge is 0.484 e. The van der Waals surface area contributed by atoms with Gasteiger partial charge in [-0.1, -0.05) is 12.1 Å². The lowest BCUT2D eigenvalue weighted by Crippen LogP contribution is -2.61. The highest BCUT2D eigenvalue weighted by Gasteiger charge is 2.49. The molecule has 2 aliphatic heterocycles. The van der Waals surface area contributed by atoms with Crippen molar-refractivity contribution in [3.8, 4) is 5.75 Å². The molecule has 0 radical (unpaired) electrons. The number of carbonyl (C=O) groups is 2. The van der Waals surface area contributed by atoms with Crippen molar-refractivity contribution >= 4 is 11.8 Å². The molecule has 3 N–H and O–H groups in total. The summed E-state index contributed by atoms with van der Waals surface area (Å²) in [5.41, 5.74) is 0.151. The number of amides is 2. The van der Waals surface area contributed by atoms with Gasteiger partial charge in [0.1, 0.15) is 5.75 Å². The topological polar surface area (TPSA) is 90.9 Å². The second-order valence-electron chi connectivity index (χ2n) is 9.26. The summed E-state index contributed by atoms with van der Waals surface area (Å²) in [5, 5.41) is 16.3. The van der Waals surface area contributed by atoms with Crippen LogP contribution in [-0.2, 0) is 16.1 Å². The maximum absolute atomic E-state index is 12.5. The average Bonchev–Trinajstić information content (AvgIpc) is 2.65. The van der Waals surface area contributed by atoms with Crippen molar-refractivity contribution in [2.45, 2.75) is 58.2 Å². The minimum Gasteiger partial charge on any atom is -0.484 e. The number of aliphatic hydroxyl groups is 1. The van der Waals surface area contributed by atoms with Crippen LogP contribution in [0.2, 0.25) is 0 Å². The van der Waals surface area contributed by atoms with Crippen LogP contribution < -0.4 is 15.4 Å². The van der Waals surface area contributed by atoms with Gasteiger partial charge in [0.25, 0.3) is 5.91 Å². The fourth-order valence-electron chi connectivity index (χ4n) is 4.22. The summed E-state index contributed by atoms with van der Waals surface area (Å²) in [4.78, 5) is 26.6. The molecular weight excluding hydrogens is 370 g/mol. The van der Waals surface area contributed by atoms with Crippen molar-refractivity contribution in [1.29, 1.82) is 0 Å². The Kier molecular flexibility index (Phi) is 6.49. The lowest BCUT2D eigenvalue weighted by molar-refractivity contribution is -0.149. The number of benzene rings is 1.